The smallest absolute Gasteiger partial charge is 0.142 e. The number of hydrogen-bond acceptors (Lipinski definition) is 5. The fourth-order valence-electron chi connectivity index (χ4n) is 2.45. The number of hydrogen-bond donors (Lipinski definition) is 2. The average molecular weight is 334 g/mol. The van der Waals surface area contributed by atoms with Crippen LogP contribution in [0.3, 0.4) is 0 Å². The van der Waals surface area contributed by atoms with E-state index in [4.69, 9.17) is 4.74 Å². The lowest BCUT2D eigenvalue weighted by Gasteiger charge is -2.12. The van der Waals surface area contributed by atoms with E-state index in [-0.39, 0.29) is 0 Å². The molecule has 5 heteroatoms. The summed E-state index contributed by atoms with van der Waals surface area (Å²) in [4.78, 5) is 8.57. The molecule has 0 aliphatic rings. The van der Waals surface area contributed by atoms with Gasteiger partial charge < -0.3 is 15.4 Å². The average Bonchev–Trinajstić information content (AvgIpc) is 2.65. The number of aryl methyl sites for hydroxylation is 1. The van der Waals surface area contributed by atoms with Crippen LogP contribution >= 0.6 is 0 Å². The molecule has 0 radical (unpaired) electrons. The third-order valence-electron chi connectivity index (χ3n) is 3.75. The van der Waals surface area contributed by atoms with Gasteiger partial charge in [0.05, 0.1) is 12.3 Å². The SMILES string of the molecule is CCOc1ccccc1Nc1cc(Nc2ccc(CC)cc2)ncn1. The van der Waals surface area contributed by atoms with Gasteiger partial charge >= 0.3 is 0 Å². The molecule has 0 aliphatic carbocycles. The van der Waals surface area contributed by atoms with Crippen molar-refractivity contribution >= 4 is 23.0 Å². The van der Waals surface area contributed by atoms with Gasteiger partial charge in [-0.15, -0.1) is 0 Å². The molecule has 3 rings (SSSR count). The Morgan fingerprint density at radius 3 is 2.32 bits per heavy atom. The molecule has 5 nitrogen and oxygen atoms in total. The molecule has 128 valence electrons. The van der Waals surface area contributed by atoms with Gasteiger partial charge in [-0.05, 0) is 43.2 Å². The first-order valence-electron chi connectivity index (χ1n) is 8.45. The summed E-state index contributed by atoms with van der Waals surface area (Å²) in [6, 6.07) is 18.0. The van der Waals surface area contributed by atoms with Crippen LogP contribution in [0.5, 0.6) is 5.75 Å². The first-order chi connectivity index (χ1) is 12.3. The van der Waals surface area contributed by atoms with Crippen molar-refractivity contribution in [1.29, 1.82) is 0 Å². The summed E-state index contributed by atoms with van der Waals surface area (Å²) in [7, 11) is 0. The molecule has 3 aromatic rings. The van der Waals surface area contributed by atoms with Gasteiger partial charge in [-0.2, -0.15) is 0 Å². The molecule has 0 saturated carbocycles. The third kappa shape index (κ3) is 4.47. The fourth-order valence-corrected chi connectivity index (χ4v) is 2.45. The summed E-state index contributed by atoms with van der Waals surface area (Å²) >= 11 is 0. The zero-order chi connectivity index (χ0) is 17.5. The van der Waals surface area contributed by atoms with E-state index < -0.39 is 0 Å². The van der Waals surface area contributed by atoms with Crippen LogP contribution in [0.4, 0.5) is 23.0 Å². The fraction of sp³-hybridized carbons (Fsp3) is 0.200. The molecule has 0 aliphatic heterocycles. The van der Waals surface area contributed by atoms with Gasteiger partial charge in [-0.1, -0.05) is 31.2 Å². The molecule has 0 atom stereocenters. The van der Waals surface area contributed by atoms with Crippen molar-refractivity contribution in [3.05, 3.63) is 66.5 Å². The van der Waals surface area contributed by atoms with E-state index >= 15 is 0 Å². The van der Waals surface area contributed by atoms with Crippen LogP contribution in [0.25, 0.3) is 0 Å². The maximum atomic E-state index is 5.64. The highest BCUT2D eigenvalue weighted by atomic mass is 16.5. The minimum Gasteiger partial charge on any atom is -0.492 e. The lowest BCUT2D eigenvalue weighted by molar-refractivity contribution is 0.342. The first-order valence-corrected chi connectivity index (χ1v) is 8.45. The van der Waals surface area contributed by atoms with Gasteiger partial charge in [-0.25, -0.2) is 9.97 Å². The van der Waals surface area contributed by atoms with Gasteiger partial charge in [0.25, 0.3) is 0 Å². The Hall–Kier alpha value is -3.08. The second-order valence-corrected chi connectivity index (χ2v) is 5.52. The molecule has 25 heavy (non-hydrogen) atoms. The van der Waals surface area contributed by atoms with E-state index in [2.05, 4.69) is 51.8 Å². The predicted molar refractivity (Wildman–Crippen MR) is 102 cm³/mol. The molecule has 0 unspecified atom stereocenters. The molecule has 0 fully saturated rings. The number of nitrogens with one attached hydrogen (secondary N) is 2. The number of nitrogens with zero attached hydrogens (tertiary/aromatic N) is 2. The highest BCUT2D eigenvalue weighted by Gasteiger charge is 2.05. The van der Waals surface area contributed by atoms with Crippen molar-refractivity contribution in [3.63, 3.8) is 0 Å². The molecule has 0 amide bonds. The van der Waals surface area contributed by atoms with E-state index in [1.807, 2.05) is 37.3 Å². The van der Waals surface area contributed by atoms with Crippen molar-refractivity contribution in [3.8, 4) is 5.75 Å². The van der Waals surface area contributed by atoms with E-state index in [0.717, 1.165) is 29.4 Å². The summed E-state index contributed by atoms with van der Waals surface area (Å²) in [6.45, 7) is 4.72. The number of anilines is 4. The van der Waals surface area contributed by atoms with Crippen molar-refractivity contribution in [1.82, 2.24) is 9.97 Å². The molecular formula is C20H22N4O. The third-order valence-corrected chi connectivity index (χ3v) is 3.75. The monoisotopic (exact) mass is 334 g/mol. The summed E-state index contributed by atoms with van der Waals surface area (Å²) in [5.74, 6) is 2.23. The molecule has 0 saturated heterocycles. The van der Waals surface area contributed by atoms with Crippen LogP contribution in [-0.4, -0.2) is 16.6 Å². The van der Waals surface area contributed by atoms with E-state index in [0.29, 0.717) is 12.4 Å². The zero-order valence-electron chi connectivity index (χ0n) is 14.5. The quantitative estimate of drug-likeness (QED) is 0.642. The second kappa shape index (κ2) is 8.15. The van der Waals surface area contributed by atoms with Crippen LogP contribution in [0.2, 0.25) is 0 Å². The molecule has 0 bridgehead atoms. The highest BCUT2D eigenvalue weighted by molar-refractivity contribution is 5.66. The minimum absolute atomic E-state index is 0.614. The second-order valence-electron chi connectivity index (χ2n) is 5.52. The molecule has 1 aromatic heterocycles. The van der Waals surface area contributed by atoms with Crippen molar-refractivity contribution in [2.75, 3.05) is 17.2 Å². The normalized spacial score (nSPS) is 10.3. The Bertz CT molecular complexity index is 818. The Morgan fingerprint density at radius 2 is 1.60 bits per heavy atom. The Morgan fingerprint density at radius 1 is 0.880 bits per heavy atom. The summed E-state index contributed by atoms with van der Waals surface area (Å²) < 4.78 is 5.64. The van der Waals surface area contributed by atoms with E-state index in [9.17, 15) is 0 Å². The van der Waals surface area contributed by atoms with Crippen LogP contribution < -0.4 is 15.4 Å². The number of rotatable bonds is 7. The highest BCUT2D eigenvalue weighted by Crippen LogP contribution is 2.27. The Balaban J connectivity index is 1.75. The number of benzene rings is 2. The number of ether oxygens (including phenoxy) is 1. The van der Waals surface area contributed by atoms with Gasteiger partial charge in [0.15, 0.2) is 0 Å². The van der Waals surface area contributed by atoms with Gasteiger partial charge in [0.2, 0.25) is 0 Å². The standard InChI is InChI=1S/C20H22N4O/c1-3-15-9-11-16(12-10-15)23-19-13-20(22-14-21-19)24-17-7-5-6-8-18(17)25-4-2/h5-14H,3-4H2,1-2H3,(H2,21,22,23,24). The first kappa shape index (κ1) is 16.8. The van der Waals surface area contributed by atoms with Crippen molar-refractivity contribution < 1.29 is 4.74 Å². The molecule has 0 spiro atoms. The summed E-state index contributed by atoms with van der Waals surface area (Å²) in [5.41, 5.74) is 3.18. The molecule has 1 heterocycles. The minimum atomic E-state index is 0.614. The molecular weight excluding hydrogens is 312 g/mol. The van der Waals surface area contributed by atoms with Crippen LogP contribution in [0.15, 0.2) is 60.9 Å². The molecule has 2 N–H and O–H groups in total. The summed E-state index contributed by atoms with van der Waals surface area (Å²) in [5, 5.41) is 6.58. The number of aromatic nitrogens is 2. The van der Waals surface area contributed by atoms with Crippen molar-refractivity contribution in [2.24, 2.45) is 0 Å². The predicted octanol–water partition coefficient (Wildman–Crippen LogP) is 4.92. The van der Waals surface area contributed by atoms with Crippen LogP contribution in [0, 0.1) is 0 Å². The van der Waals surface area contributed by atoms with E-state index in [1.54, 1.807) is 0 Å². The maximum Gasteiger partial charge on any atom is 0.142 e. The largest absolute Gasteiger partial charge is 0.492 e. The van der Waals surface area contributed by atoms with Crippen molar-refractivity contribution in [2.45, 2.75) is 20.3 Å². The van der Waals surface area contributed by atoms with Crippen LogP contribution in [0.1, 0.15) is 19.4 Å². The van der Waals surface area contributed by atoms with E-state index in [1.165, 1.54) is 11.9 Å². The lowest BCUT2D eigenvalue weighted by Crippen LogP contribution is -2.01. The Labute approximate surface area is 148 Å². The van der Waals surface area contributed by atoms with Gasteiger partial charge in [0.1, 0.15) is 23.7 Å². The molecule has 2 aromatic carbocycles. The Kier molecular flexibility index (Phi) is 5.46. The maximum absolute atomic E-state index is 5.64. The summed E-state index contributed by atoms with van der Waals surface area (Å²) in [6.07, 6.45) is 2.56. The zero-order valence-corrected chi connectivity index (χ0v) is 14.5. The van der Waals surface area contributed by atoms with Crippen LogP contribution in [-0.2, 0) is 6.42 Å². The topological polar surface area (TPSA) is 59.1 Å². The number of para-hydroxylation sites is 2. The lowest BCUT2D eigenvalue weighted by atomic mass is 10.1. The van der Waals surface area contributed by atoms with Gasteiger partial charge in [0, 0.05) is 11.8 Å². The van der Waals surface area contributed by atoms with Gasteiger partial charge in [-0.3, -0.25) is 0 Å².